The van der Waals surface area contributed by atoms with Gasteiger partial charge in [-0.3, -0.25) is 0 Å². The summed E-state index contributed by atoms with van der Waals surface area (Å²) in [7, 11) is 0. The molecule has 0 amide bonds. The summed E-state index contributed by atoms with van der Waals surface area (Å²) in [6.45, 7) is 3.29. The maximum Gasteiger partial charge on any atom is 0.231 e. The van der Waals surface area contributed by atoms with Crippen LogP contribution in [-0.2, 0) is 4.74 Å². The molecule has 0 bridgehead atoms. The van der Waals surface area contributed by atoms with Gasteiger partial charge in [-0.15, -0.1) is 0 Å². The second-order valence-electron chi connectivity index (χ2n) is 6.59. The van der Waals surface area contributed by atoms with E-state index < -0.39 is 0 Å². The van der Waals surface area contributed by atoms with Gasteiger partial charge in [0.15, 0.2) is 17.3 Å². The number of rotatable bonds is 4. The zero-order valence-electron chi connectivity index (χ0n) is 15.3. The van der Waals surface area contributed by atoms with Crippen molar-refractivity contribution >= 4 is 17.3 Å². The van der Waals surface area contributed by atoms with Crippen molar-refractivity contribution in [2.75, 3.05) is 43.3 Å². The highest BCUT2D eigenvalue weighted by atomic mass is 16.7. The van der Waals surface area contributed by atoms with Crippen molar-refractivity contribution in [2.24, 2.45) is 0 Å². The molecule has 0 aliphatic carbocycles. The fourth-order valence-corrected chi connectivity index (χ4v) is 3.29. The van der Waals surface area contributed by atoms with E-state index in [2.05, 4.69) is 10.2 Å². The summed E-state index contributed by atoms with van der Waals surface area (Å²) in [6, 6.07) is 17.7. The Labute approximate surface area is 162 Å². The molecular weight excluding hydrogens is 356 g/mol. The standard InChI is InChI=1S/C21H20N4O3/c1-2-4-15(5-3-1)21-23-19(13-20(24-21)25-8-10-26-11-9-25)22-16-6-7-17-18(12-16)28-14-27-17/h1-7,12-13H,8-11,14H2,(H,22,23,24). The Kier molecular flexibility index (Phi) is 4.42. The molecule has 0 spiro atoms. The SMILES string of the molecule is c1ccc(-c2nc(Nc3ccc4c(c3)OCO4)cc(N3CCOCC3)n2)cc1. The minimum atomic E-state index is 0.256. The van der Waals surface area contributed by atoms with Gasteiger partial charge in [0.1, 0.15) is 11.6 Å². The van der Waals surface area contributed by atoms with Crippen LogP contribution in [0.4, 0.5) is 17.3 Å². The predicted octanol–water partition coefficient (Wildman–Crippen LogP) is 3.45. The molecular formula is C21H20N4O3. The first-order valence-corrected chi connectivity index (χ1v) is 9.29. The van der Waals surface area contributed by atoms with E-state index in [4.69, 9.17) is 24.2 Å². The number of aromatic nitrogens is 2. The molecule has 1 aromatic heterocycles. The van der Waals surface area contributed by atoms with Crippen LogP contribution in [-0.4, -0.2) is 43.1 Å². The molecule has 7 heteroatoms. The second-order valence-corrected chi connectivity index (χ2v) is 6.59. The first kappa shape index (κ1) is 16.8. The van der Waals surface area contributed by atoms with Crippen molar-refractivity contribution in [1.82, 2.24) is 9.97 Å². The van der Waals surface area contributed by atoms with E-state index in [9.17, 15) is 0 Å². The van der Waals surface area contributed by atoms with E-state index in [0.717, 1.165) is 47.5 Å². The molecule has 1 fully saturated rings. The number of hydrogen-bond acceptors (Lipinski definition) is 7. The number of benzene rings is 2. The molecule has 1 saturated heterocycles. The van der Waals surface area contributed by atoms with Crippen LogP contribution in [0.2, 0.25) is 0 Å². The molecule has 2 aromatic carbocycles. The largest absolute Gasteiger partial charge is 0.454 e. The van der Waals surface area contributed by atoms with Crippen molar-refractivity contribution < 1.29 is 14.2 Å². The minimum Gasteiger partial charge on any atom is -0.454 e. The third kappa shape index (κ3) is 3.44. The van der Waals surface area contributed by atoms with Crippen molar-refractivity contribution in [3.05, 3.63) is 54.6 Å². The normalized spacial score (nSPS) is 15.5. The van der Waals surface area contributed by atoms with Gasteiger partial charge in [0.25, 0.3) is 0 Å². The van der Waals surface area contributed by atoms with Crippen LogP contribution < -0.4 is 19.7 Å². The Hall–Kier alpha value is -3.32. The topological polar surface area (TPSA) is 68.7 Å². The summed E-state index contributed by atoms with van der Waals surface area (Å²) in [5, 5.41) is 3.38. The summed E-state index contributed by atoms with van der Waals surface area (Å²) in [5.74, 6) is 3.80. The molecule has 28 heavy (non-hydrogen) atoms. The van der Waals surface area contributed by atoms with Crippen LogP contribution in [0.3, 0.4) is 0 Å². The molecule has 1 N–H and O–H groups in total. The molecule has 0 unspecified atom stereocenters. The lowest BCUT2D eigenvalue weighted by molar-refractivity contribution is 0.122. The number of nitrogens with one attached hydrogen (secondary N) is 1. The summed E-state index contributed by atoms with van der Waals surface area (Å²) in [5.41, 5.74) is 1.86. The van der Waals surface area contributed by atoms with Gasteiger partial charge in [-0.05, 0) is 12.1 Å². The van der Waals surface area contributed by atoms with Crippen molar-refractivity contribution in [1.29, 1.82) is 0 Å². The lowest BCUT2D eigenvalue weighted by Gasteiger charge is -2.28. The lowest BCUT2D eigenvalue weighted by atomic mass is 10.2. The highest BCUT2D eigenvalue weighted by molar-refractivity contribution is 5.67. The number of hydrogen-bond donors (Lipinski definition) is 1. The van der Waals surface area contributed by atoms with Crippen molar-refractivity contribution in [3.63, 3.8) is 0 Å². The molecule has 3 aromatic rings. The number of ether oxygens (including phenoxy) is 3. The van der Waals surface area contributed by atoms with Gasteiger partial charge in [0.05, 0.1) is 13.2 Å². The van der Waals surface area contributed by atoms with E-state index in [1.807, 2.05) is 54.6 Å². The third-order valence-electron chi connectivity index (χ3n) is 4.72. The highest BCUT2D eigenvalue weighted by Crippen LogP contribution is 2.35. The third-order valence-corrected chi connectivity index (χ3v) is 4.72. The van der Waals surface area contributed by atoms with Gasteiger partial charge in [-0.1, -0.05) is 30.3 Å². The van der Waals surface area contributed by atoms with Crippen LogP contribution in [0.25, 0.3) is 11.4 Å². The Balaban J connectivity index is 1.50. The van der Waals surface area contributed by atoms with E-state index in [1.54, 1.807) is 0 Å². The number of anilines is 3. The Morgan fingerprint density at radius 2 is 1.68 bits per heavy atom. The zero-order valence-corrected chi connectivity index (χ0v) is 15.3. The molecule has 0 saturated carbocycles. The van der Waals surface area contributed by atoms with E-state index in [1.165, 1.54) is 0 Å². The molecule has 5 rings (SSSR count). The zero-order chi connectivity index (χ0) is 18.8. The highest BCUT2D eigenvalue weighted by Gasteiger charge is 2.17. The first-order valence-electron chi connectivity index (χ1n) is 9.29. The number of morpholine rings is 1. The van der Waals surface area contributed by atoms with E-state index >= 15 is 0 Å². The summed E-state index contributed by atoms with van der Waals surface area (Å²) < 4.78 is 16.3. The van der Waals surface area contributed by atoms with Crippen LogP contribution in [0.1, 0.15) is 0 Å². The Morgan fingerprint density at radius 3 is 2.54 bits per heavy atom. The summed E-state index contributed by atoms with van der Waals surface area (Å²) >= 11 is 0. The van der Waals surface area contributed by atoms with Gasteiger partial charge < -0.3 is 24.4 Å². The van der Waals surface area contributed by atoms with Crippen LogP contribution in [0.5, 0.6) is 11.5 Å². The van der Waals surface area contributed by atoms with E-state index in [-0.39, 0.29) is 6.79 Å². The van der Waals surface area contributed by atoms with Gasteiger partial charge in [0.2, 0.25) is 6.79 Å². The lowest BCUT2D eigenvalue weighted by Crippen LogP contribution is -2.36. The van der Waals surface area contributed by atoms with Gasteiger partial charge in [-0.25, -0.2) is 9.97 Å². The van der Waals surface area contributed by atoms with E-state index in [0.29, 0.717) is 19.0 Å². The minimum absolute atomic E-state index is 0.256. The van der Waals surface area contributed by atoms with Crippen LogP contribution >= 0.6 is 0 Å². The Morgan fingerprint density at radius 1 is 0.857 bits per heavy atom. The number of fused-ring (bicyclic) bond motifs is 1. The molecule has 0 radical (unpaired) electrons. The maximum absolute atomic E-state index is 5.48. The fourth-order valence-electron chi connectivity index (χ4n) is 3.29. The molecule has 2 aliphatic rings. The van der Waals surface area contributed by atoms with Crippen LogP contribution in [0.15, 0.2) is 54.6 Å². The van der Waals surface area contributed by atoms with Gasteiger partial charge in [-0.2, -0.15) is 0 Å². The average molecular weight is 376 g/mol. The second kappa shape index (κ2) is 7.36. The maximum atomic E-state index is 5.48. The molecule has 142 valence electrons. The first-order chi connectivity index (χ1) is 13.8. The molecule has 0 atom stereocenters. The van der Waals surface area contributed by atoms with Gasteiger partial charge in [0, 0.05) is 36.5 Å². The summed E-state index contributed by atoms with van der Waals surface area (Å²) in [4.78, 5) is 11.8. The van der Waals surface area contributed by atoms with Crippen molar-refractivity contribution in [3.8, 4) is 22.9 Å². The molecule has 7 nitrogen and oxygen atoms in total. The van der Waals surface area contributed by atoms with Gasteiger partial charge >= 0.3 is 0 Å². The predicted molar refractivity (Wildman–Crippen MR) is 106 cm³/mol. The number of nitrogens with zero attached hydrogens (tertiary/aromatic N) is 3. The smallest absolute Gasteiger partial charge is 0.231 e. The molecule has 3 heterocycles. The summed E-state index contributed by atoms with van der Waals surface area (Å²) in [6.07, 6.45) is 0. The van der Waals surface area contributed by atoms with Crippen molar-refractivity contribution in [2.45, 2.75) is 0 Å². The molecule has 2 aliphatic heterocycles. The average Bonchev–Trinajstić information content (AvgIpc) is 3.23. The van der Waals surface area contributed by atoms with Crippen LogP contribution in [0, 0.1) is 0 Å². The quantitative estimate of drug-likeness (QED) is 0.748. The monoisotopic (exact) mass is 376 g/mol. The fraction of sp³-hybridized carbons (Fsp3) is 0.238. The Bertz CT molecular complexity index is 975.